The number of phenols is 2. The minimum atomic E-state index is -0.759. The van der Waals surface area contributed by atoms with Crippen molar-refractivity contribution in [1.82, 2.24) is 0 Å². The Labute approximate surface area is 93.5 Å². The molecule has 1 aromatic rings. The van der Waals surface area contributed by atoms with E-state index in [0.717, 1.165) is 6.07 Å². The molecule has 1 aromatic carbocycles. The van der Waals surface area contributed by atoms with Crippen LogP contribution in [0.5, 0.6) is 11.5 Å². The lowest BCUT2D eigenvalue weighted by molar-refractivity contribution is -0.121. The quantitative estimate of drug-likeness (QED) is 0.455. The van der Waals surface area contributed by atoms with Crippen LogP contribution in [-0.2, 0) is 4.79 Å². The molecule has 1 rings (SSSR count). The van der Waals surface area contributed by atoms with E-state index in [0.29, 0.717) is 0 Å². The molecule has 4 heteroatoms. The summed E-state index contributed by atoms with van der Waals surface area (Å²) in [5.74, 6) is -1.92. The Morgan fingerprint density at radius 1 is 1.06 bits per heavy atom. The zero-order valence-electron chi connectivity index (χ0n) is 9.44. The molecule has 4 nitrogen and oxygen atoms in total. The van der Waals surface area contributed by atoms with Gasteiger partial charge in [0, 0.05) is 11.0 Å². The molecule has 0 saturated heterocycles. The molecule has 0 unspecified atom stereocenters. The van der Waals surface area contributed by atoms with Crippen molar-refractivity contribution in [3.05, 3.63) is 23.8 Å². The molecule has 0 bridgehead atoms. The summed E-state index contributed by atoms with van der Waals surface area (Å²) in [4.78, 5) is 23.4. The summed E-state index contributed by atoms with van der Waals surface area (Å²) in [7, 11) is 0. The van der Waals surface area contributed by atoms with Gasteiger partial charge in [-0.1, -0.05) is 20.8 Å². The summed E-state index contributed by atoms with van der Waals surface area (Å²) in [5.41, 5.74) is -0.680. The van der Waals surface area contributed by atoms with E-state index in [9.17, 15) is 14.7 Å². The van der Waals surface area contributed by atoms with Gasteiger partial charge in [-0.3, -0.25) is 9.59 Å². The van der Waals surface area contributed by atoms with Crippen LogP contribution in [-0.4, -0.2) is 21.8 Å². The highest BCUT2D eigenvalue weighted by atomic mass is 16.3. The fourth-order valence-corrected chi connectivity index (χ4v) is 1.14. The summed E-state index contributed by atoms with van der Waals surface area (Å²) >= 11 is 0. The van der Waals surface area contributed by atoms with Gasteiger partial charge in [-0.05, 0) is 18.2 Å². The van der Waals surface area contributed by atoms with Crippen LogP contribution in [0.15, 0.2) is 18.2 Å². The van der Waals surface area contributed by atoms with Crippen molar-refractivity contribution < 1.29 is 19.8 Å². The molecule has 0 aliphatic carbocycles. The Morgan fingerprint density at radius 3 is 2.06 bits per heavy atom. The average Bonchev–Trinajstić information content (AvgIpc) is 2.18. The predicted octanol–water partition coefficient (Wildman–Crippen LogP) is 1.90. The number of aromatic hydroxyl groups is 2. The smallest absolute Gasteiger partial charge is 0.229 e. The molecular formula is C12H14O4. The fraction of sp³-hybridized carbons (Fsp3) is 0.333. The monoisotopic (exact) mass is 222 g/mol. The van der Waals surface area contributed by atoms with Crippen LogP contribution in [0.1, 0.15) is 31.1 Å². The lowest BCUT2D eigenvalue weighted by Gasteiger charge is -2.15. The highest BCUT2D eigenvalue weighted by Gasteiger charge is 2.29. The van der Waals surface area contributed by atoms with Crippen molar-refractivity contribution in [1.29, 1.82) is 0 Å². The minimum Gasteiger partial charge on any atom is -0.504 e. The SMILES string of the molecule is CC(C)(C)C(=O)C(=O)c1ccc(O)c(O)c1. The molecular weight excluding hydrogens is 208 g/mol. The molecule has 0 heterocycles. The van der Waals surface area contributed by atoms with Gasteiger partial charge in [-0.15, -0.1) is 0 Å². The number of rotatable bonds is 2. The van der Waals surface area contributed by atoms with Crippen molar-refractivity contribution in [3.63, 3.8) is 0 Å². The highest BCUT2D eigenvalue weighted by Crippen LogP contribution is 2.26. The van der Waals surface area contributed by atoms with Crippen LogP contribution in [0, 0.1) is 5.41 Å². The number of carbonyl (C=O) groups is 2. The zero-order chi connectivity index (χ0) is 12.5. The van der Waals surface area contributed by atoms with Gasteiger partial charge in [0.25, 0.3) is 0 Å². The molecule has 0 spiro atoms. The van der Waals surface area contributed by atoms with Gasteiger partial charge in [-0.2, -0.15) is 0 Å². The largest absolute Gasteiger partial charge is 0.504 e. The third kappa shape index (κ3) is 2.39. The molecule has 16 heavy (non-hydrogen) atoms. The van der Waals surface area contributed by atoms with E-state index in [4.69, 9.17) is 5.11 Å². The molecule has 0 aromatic heterocycles. The van der Waals surface area contributed by atoms with Crippen LogP contribution < -0.4 is 0 Å². The molecule has 0 saturated carbocycles. The molecule has 0 aliphatic rings. The van der Waals surface area contributed by atoms with Gasteiger partial charge in [0.15, 0.2) is 11.5 Å². The number of carbonyl (C=O) groups excluding carboxylic acids is 2. The van der Waals surface area contributed by atoms with Crippen LogP contribution in [0.2, 0.25) is 0 Å². The topological polar surface area (TPSA) is 74.6 Å². The summed E-state index contributed by atoms with van der Waals surface area (Å²) in [6.45, 7) is 4.94. The van der Waals surface area contributed by atoms with Gasteiger partial charge in [0.05, 0.1) is 0 Å². The molecule has 2 N–H and O–H groups in total. The maximum Gasteiger partial charge on any atom is 0.229 e. The predicted molar refractivity (Wildman–Crippen MR) is 58.6 cm³/mol. The fourth-order valence-electron chi connectivity index (χ4n) is 1.14. The highest BCUT2D eigenvalue weighted by molar-refractivity contribution is 6.45. The second-order valence-electron chi connectivity index (χ2n) is 4.61. The standard InChI is InChI=1S/C12H14O4/c1-12(2,3)11(16)10(15)7-4-5-8(13)9(14)6-7/h4-6,13-14H,1-3H3. The van der Waals surface area contributed by atoms with E-state index in [2.05, 4.69) is 0 Å². The van der Waals surface area contributed by atoms with Gasteiger partial charge >= 0.3 is 0 Å². The lowest BCUT2D eigenvalue weighted by atomic mass is 9.86. The minimum absolute atomic E-state index is 0.0789. The van der Waals surface area contributed by atoms with Gasteiger partial charge in [-0.25, -0.2) is 0 Å². The second-order valence-corrected chi connectivity index (χ2v) is 4.61. The van der Waals surface area contributed by atoms with E-state index >= 15 is 0 Å². The number of ketones is 2. The number of hydrogen-bond donors (Lipinski definition) is 2. The van der Waals surface area contributed by atoms with Gasteiger partial charge in [0.1, 0.15) is 0 Å². The van der Waals surface area contributed by atoms with E-state index < -0.39 is 22.7 Å². The van der Waals surface area contributed by atoms with Crippen LogP contribution >= 0.6 is 0 Å². The van der Waals surface area contributed by atoms with E-state index in [1.807, 2.05) is 0 Å². The van der Waals surface area contributed by atoms with E-state index in [1.165, 1.54) is 12.1 Å². The lowest BCUT2D eigenvalue weighted by Crippen LogP contribution is -2.28. The number of benzene rings is 1. The Hall–Kier alpha value is -1.84. The molecule has 0 aliphatic heterocycles. The van der Waals surface area contributed by atoms with Crippen molar-refractivity contribution in [2.75, 3.05) is 0 Å². The first kappa shape index (κ1) is 12.2. The molecule has 0 radical (unpaired) electrons. The van der Waals surface area contributed by atoms with Crippen LogP contribution in [0.25, 0.3) is 0 Å². The van der Waals surface area contributed by atoms with Crippen LogP contribution in [0.4, 0.5) is 0 Å². The number of phenolic OH excluding ortho intramolecular Hbond substituents is 2. The Balaban J connectivity index is 3.07. The first-order chi connectivity index (χ1) is 7.23. The van der Waals surface area contributed by atoms with Gasteiger partial charge in [0.2, 0.25) is 11.6 Å². The van der Waals surface area contributed by atoms with Crippen molar-refractivity contribution in [2.24, 2.45) is 5.41 Å². The maximum absolute atomic E-state index is 11.7. The Kier molecular flexibility index (Phi) is 3.03. The molecule has 0 amide bonds. The number of Topliss-reactive ketones (excluding diaryl/α,β-unsaturated/α-hetero) is 2. The Bertz CT molecular complexity index is 441. The molecule has 0 fully saturated rings. The summed E-state index contributed by atoms with van der Waals surface area (Å²) in [6, 6.07) is 3.57. The van der Waals surface area contributed by atoms with E-state index in [-0.39, 0.29) is 11.3 Å². The maximum atomic E-state index is 11.7. The van der Waals surface area contributed by atoms with Crippen LogP contribution in [0.3, 0.4) is 0 Å². The van der Waals surface area contributed by atoms with Gasteiger partial charge < -0.3 is 10.2 Å². The average molecular weight is 222 g/mol. The Morgan fingerprint density at radius 2 is 1.62 bits per heavy atom. The third-order valence-corrected chi connectivity index (χ3v) is 2.13. The molecule has 0 atom stereocenters. The molecule has 86 valence electrons. The van der Waals surface area contributed by atoms with Crippen molar-refractivity contribution >= 4 is 11.6 Å². The summed E-state index contributed by atoms with van der Waals surface area (Å²) < 4.78 is 0. The number of hydrogen-bond acceptors (Lipinski definition) is 4. The normalized spacial score (nSPS) is 11.2. The summed E-state index contributed by atoms with van der Waals surface area (Å²) in [5, 5.41) is 18.3. The van der Waals surface area contributed by atoms with E-state index in [1.54, 1.807) is 20.8 Å². The van der Waals surface area contributed by atoms with Crippen molar-refractivity contribution in [2.45, 2.75) is 20.8 Å². The third-order valence-electron chi connectivity index (χ3n) is 2.13. The zero-order valence-corrected chi connectivity index (χ0v) is 9.44. The first-order valence-corrected chi connectivity index (χ1v) is 4.84. The second kappa shape index (κ2) is 3.96. The summed E-state index contributed by atoms with van der Waals surface area (Å²) in [6.07, 6.45) is 0. The first-order valence-electron chi connectivity index (χ1n) is 4.84. The van der Waals surface area contributed by atoms with Crippen molar-refractivity contribution in [3.8, 4) is 11.5 Å².